The number of rotatable bonds is 3. The summed E-state index contributed by atoms with van der Waals surface area (Å²) in [5.74, 6) is -3.55. The Labute approximate surface area is 152 Å². The minimum atomic E-state index is -4.51. The van der Waals surface area contributed by atoms with Gasteiger partial charge in [-0.15, -0.1) is 0 Å². The Hall–Kier alpha value is -2.27. The van der Waals surface area contributed by atoms with E-state index in [1.807, 2.05) is 0 Å². The van der Waals surface area contributed by atoms with Gasteiger partial charge in [-0.05, 0) is 17.7 Å². The van der Waals surface area contributed by atoms with Gasteiger partial charge in [-0.1, -0.05) is 35.2 Å². The zero-order valence-corrected chi connectivity index (χ0v) is 14.5. The van der Waals surface area contributed by atoms with Crippen molar-refractivity contribution in [3.05, 3.63) is 49.9 Å². The number of aromatic nitrogens is 1. The molecule has 6 nitrogen and oxygen atoms in total. The first-order valence-electron chi connectivity index (χ1n) is 7.25. The van der Waals surface area contributed by atoms with Crippen molar-refractivity contribution in [3.8, 4) is 0 Å². The quantitative estimate of drug-likeness (QED) is 0.722. The number of alkyl halides is 3. The largest absolute Gasteiger partial charge is 0.416 e. The molecule has 5 N–H and O–H groups in total. The number of amides is 2. The molecule has 2 heterocycles. The van der Waals surface area contributed by atoms with E-state index in [9.17, 15) is 27.6 Å². The van der Waals surface area contributed by atoms with Gasteiger partial charge in [0.2, 0.25) is 11.8 Å². The van der Waals surface area contributed by atoms with E-state index < -0.39 is 45.5 Å². The fourth-order valence-corrected chi connectivity index (χ4v) is 5.39. The molecular weight excluding hydrogens is 391 g/mol. The number of nitrogens with two attached hydrogens (primary N) is 2. The summed E-state index contributed by atoms with van der Waals surface area (Å²) in [5.41, 5.74) is 10.3. The van der Waals surface area contributed by atoms with Gasteiger partial charge in [0.25, 0.3) is 0 Å². The normalized spacial score (nSPS) is 22.7. The number of carbonyl (C=O) groups is 2. The molecule has 26 heavy (non-hydrogen) atoms. The van der Waals surface area contributed by atoms with Crippen molar-refractivity contribution >= 4 is 34.9 Å². The average molecular weight is 403 g/mol. The second-order valence-electron chi connectivity index (χ2n) is 5.67. The molecule has 138 valence electrons. The maximum atomic E-state index is 12.8. The molecule has 0 saturated heterocycles. The first-order chi connectivity index (χ1) is 12.1. The summed E-state index contributed by atoms with van der Waals surface area (Å²) in [4.78, 5) is 38.2. The zero-order valence-electron chi connectivity index (χ0n) is 12.9. The molecule has 1 aliphatic heterocycles. The van der Waals surface area contributed by atoms with Gasteiger partial charge < -0.3 is 16.5 Å². The number of thiazole rings is 1. The molecule has 0 spiro atoms. The molecule has 1 aromatic carbocycles. The monoisotopic (exact) mass is 403 g/mol. The molecule has 11 heteroatoms. The lowest BCUT2D eigenvalue weighted by Gasteiger charge is -2.33. The molecule has 3 atom stereocenters. The third-order valence-electron chi connectivity index (χ3n) is 4.06. The molecule has 0 bridgehead atoms. The lowest BCUT2D eigenvalue weighted by atomic mass is 9.81. The lowest BCUT2D eigenvalue weighted by molar-refractivity contribution is -0.137. The van der Waals surface area contributed by atoms with Crippen LogP contribution in [0.1, 0.15) is 21.9 Å². The number of thioether (sulfide) groups is 1. The van der Waals surface area contributed by atoms with Crippen LogP contribution in [0.2, 0.25) is 0 Å². The summed E-state index contributed by atoms with van der Waals surface area (Å²) in [6, 6.07) is 4.18. The Morgan fingerprint density at radius 1 is 1.08 bits per heavy atom. The molecular formula is C15H12F3N3O3S2. The van der Waals surface area contributed by atoms with Gasteiger partial charge in [0.1, 0.15) is 5.25 Å². The van der Waals surface area contributed by atoms with Crippen LogP contribution in [-0.4, -0.2) is 22.0 Å². The highest BCUT2D eigenvalue weighted by atomic mass is 32.2. The third kappa shape index (κ3) is 3.23. The molecule has 3 rings (SSSR count). The van der Waals surface area contributed by atoms with Gasteiger partial charge in [0, 0.05) is 10.8 Å². The summed E-state index contributed by atoms with van der Waals surface area (Å²) in [6.45, 7) is 0. The number of hydrogen-bond acceptors (Lipinski definition) is 5. The SMILES string of the molecule is NC(=O)[C@H]1[C@@H](c2ccc(C(F)(F)F)cc2)c2sc(=O)[nH]c2S[C@H]1C(N)=O. The molecule has 0 fully saturated rings. The van der Waals surface area contributed by atoms with Crippen LogP contribution in [0.25, 0.3) is 0 Å². The number of H-pyrrole nitrogens is 1. The van der Waals surface area contributed by atoms with E-state index in [0.29, 0.717) is 15.5 Å². The molecule has 2 aromatic rings. The fourth-order valence-electron chi connectivity index (χ4n) is 2.94. The summed E-state index contributed by atoms with van der Waals surface area (Å²) < 4.78 is 38.4. The van der Waals surface area contributed by atoms with E-state index in [2.05, 4.69) is 4.98 Å². The predicted octanol–water partition coefficient (Wildman–Crippen LogP) is 1.65. The maximum absolute atomic E-state index is 12.8. The van der Waals surface area contributed by atoms with Gasteiger partial charge in [-0.25, -0.2) is 0 Å². The number of fused-ring (bicyclic) bond motifs is 1. The van der Waals surface area contributed by atoms with E-state index in [4.69, 9.17) is 11.5 Å². The average Bonchev–Trinajstić information content (AvgIpc) is 2.92. The molecule has 0 radical (unpaired) electrons. The first kappa shape index (κ1) is 18.5. The van der Waals surface area contributed by atoms with Gasteiger partial charge >= 0.3 is 11.0 Å². The zero-order chi connectivity index (χ0) is 19.2. The second kappa shape index (κ2) is 6.47. The van der Waals surface area contributed by atoms with Crippen LogP contribution in [0, 0.1) is 5.92 Å². The number of aromatic amines is 1. The Balaban J connectivity index is 2.16. The van der Waals surface area contributed by atoms with Crippen molar-refractivity contribution in [2.24, 2.45) is 17.4 Å². The van der Waals surface area contributed by atoms with E-state index in [1.165, 1.54) is 12.1 Å². The van der Waals surface area contributed by atoms with Crippen LogP contribution >= 0.6 is 23.1 Å². The molecule has 2 amide bonds. The van der Waals surface area contributed by atoms with Crippen molar-refractivity contribution in [2.45, 2.75) is 22.4 Å². The highest BCUT2D eigenvalue weighted by Crippen LogP contribution is 2.49. The van der Waals surface area contributed by atoms with Crippen molar-refractivity contribution in [2.75, 3.05) is 0 Å². The third-order valence-corrected chi connectivity index (χ3v) is 6.49. The first-order valence-corrected chi connectivity index (χ1v) is 8.94. The van der Waals surface area contributed by atoms with E-state index >= 15 is 0 Å². The maximum Gasteiger partial charge on any atom is 0.416 e. The van der Waals surface area contributed by atoms with Crippen LogP contribution in [0.5, 0.6) is 0 Å². The Morgan fingerprint density at radius 2 is 1.69 bits per heavy atom. The number of primary amides is 2. The molecule has 1 aliphatic rings. The van der Waals surface area contributed by atoms with E-state index in [0.717, 1.165) is 35.2 Å². The smallest absolute Gasteiger partial charge is 0.369 e. The minimum Gasteiger partial charge on any atom is -0.369 e. The molecule has 0 aliphatic carbocycles. The van der Waals surface area contributed by atoms with Gasteiger partial charge in [0.15, 0.2) is 0 Å². The lowest BCUT2D eigenvalue weighted by Crippen LogP contribution is -2.45. The van der Waals surface area contributed by atoms with Crippen molar-refractivity contribution in [3.63, 3.8) is 0 Å². The van der Waals surface area contributed by atoms with Crippen molar-refractivity contribution in [1.29, 1.82) is 0 Å². The number of halogens is 3. The second-order valence-corrected chi connectivity index (χ2v) is 7.84. The Kier molecular flexibility index (Phi) is 4.61. The number of nitrogens with one attached hydrogen (secondary N) is 1. The predicted molar refractivity (Wildman–Crippen MR) is 89.8 cm³/mol. The highest BCUT2D eigenvalue weighted by molar-refractivity contribution is 8.00. The topological polar surface area (TPSA) is 119 Å². The van der Waals surface area contributed by atoms with Crippen LogP contribution in [0.4, 0.5) is 13.2 Å². The van der Waals surface area contributed by atoms with E-state index in [-0.39, 0.29) is 0 Å². The summed E-state index contributed by atoms with van der Waals surface area (Å²) in [6.07, 6.45) is -4.51. The van der Waals surface area contributed by atoms with E-state index in [1.54, 1.807) is 0 Å². The molecule has 0 unspecified atom stereocenters. The standard InChI is InChI=1S/C15H12F3N3O3S2/c16-15(17,18)6-3-1-5(2-4-6)7-8(11(19)22)9(12(20)23)25-13-10(7)26-14(24)21-13/h1-4,7-9H,(H2,19,22)(H2,20,23)(H,21,24)/t7-,8+,9-/m1/s1. The van der Waals surface area contributed by atoms with Crippen LogP contribution in [-0.2, 0) is 15.8 Å². The summed E-state index contributed by atoms with van der Waals surface area (Å²) >= 11 is 1.75. The van der Waals surface area contributed by atoms with Crippen LogP contribution in [0.3, 0.4) is 0 Å². The van der Waals surface area contributed by atoms with Crippen molar-refractivity contribution < 1.29 is 22.8 Å². The van der Waals surface area contributed by atoms with Crippen LogP contribution in [0.15, 0.2) is 34.1 Å². The molecule has 0 saturated carbocycles. The summed E-state index contributed by atoms with van der Waals surface area (Å²) in [7, 11) is 0. The number of carbonyl (C=O) groups excluding carboxylic acids is 2. The molecule has 1 aromatic heterocycles. The fraction of sp³-hybridized carbons (Fsp3) is 0.267. The summed E-state index contributed by atoms with van der Waals surface area (Å²) in [5, 5.41) is -0.677. The van der Waals surface area contributed by atoms with Gasteiger partial charge in [-0.3, -0.25) is 14.4 Å². The number of hydrogen-bond donors (Lipinski definition) is 3. The minimum absolute atomic E-state index is 0.338. The van der Waals surface area contributed by atoms with Gasteiger partial charge in [-0.2, -0.15) is 13.2 Å². The number of benzene rings is 1. The Morgan fingerprint density at radius 3 is 2.19 bits per heavy atom. The Bertz CT molecular complexity index is 921. The highest BCUT2D eigenvalue weighted by Gasteiger charge is 2.46. The van der Waals surface area contributed by atoms with Crippen LogP contribution < -0.4 is 16.3 Å². The van der Waals surface area contributed by atoms with Gasteiger partial charge in [0.05, 0.1) is 16.5 Å². The van der Waals surface area contributed by atoms with Crippen molar-refractivity contribution in [1.82, 2.24) is 4.98 Å².